The van der Waals surface area contributed by atoms with E-state index in [1.807, 2.05) is 84.5 Å². The predicted molar refractivity (Wildman–Crippen MR) is 131 cm³/mol. The van der Waals surface area contributed by atoms with Crippen molar-refractivity contribution in [3.63, 3.8) is 0 Å². The summed E-state index contributed by atoms with van der Waals surface area (Å²) in [6.07, 6.45) is 0.966. The fourth-order valence-electron chi connectivity index (χ4n) is 4.14. The van der Waals surface area contributed by atoms with E-state index in [9.17, 15) is 14.7 Å². The Morgan fingerprint density at radius 3 is 2.55 bits per heavy atom. The van der Waals surface area contributed by atoms with Gasteiger partial charge in [0.05, 0.1) is 12.6 Å². The average molecular weight is 462 g/mol. The van der Waals surface area contributed by atoms with Crippen molar-refractivity contribution in [3.05, 3.63) is 94.3 Å². The maximum absolute atomic E-state index is 13.8. The van der Waals surface area contributed by atoms with Crippen LogP contribution < -0.4 is 5.32 Å². The SMILES string of the molecule is CC(NC(=O)C(C)(Cc1c[nH]c2ccccc12)N(Cc1ccsc1)C(=O)O)c1ccccc1. The number of benzene rings is 2. The lowest BCUT2D eigenvalue weighted by atomic mass is 9.88. The van der Waals surface area contributed by atoms with Crippen LogP contribution >= 0.6 is 11.3 Å². The van der Waals surface area contributed by atoms with Crippen LogP contribution in [-0.2, 0) is 17.8 Å². The molecule has 0 fully saturated rings. The van der Waals surface area contributed by atoms with Crippen LogP contribution in [0.15, 0.2) is 77.6 Å². The number of para-hydroxylation sites is 1. The predicted octanol–water partition coefficient (Wildman–Crippen LogP) is 5.59. The molecule has 2 aromatic heterocycles. The van der Waals surface area contributed by atoms with E-state index < -0.39 is 11.6 Å². The highest BCUT2D eigenvalue weighted by Gasteiger charge is 2.43. The Hall–Kier alpha value is -3.58. The molecule has 3 N–H and O–H groups in total. The number of H-pyrrole nitrogens is 1. The lowest BCUT2D eigenvalue weighted by molar-refractivity contribution is -0.132. The Labute approximate surface area is 196 Å². The Kier molecular flexibility index (Phi) is 6.51. The Bertz CT molecular complexity index is 1240. The molecule has 0 aliphatic heterocycles. The minimum Gasteiger partial charge on any atom is -0.465 e. The van der Waals surface area contributed by atoms with Crippen molar-refractivity contribution in [2.24, 2.45) is 0 Å². The van der Waals surface area contributed by atoms with Gasteiger partial charge in [-0.05, 0) is 53.4 Å². The fourth-order valence-corrected chi connectivity index (χ4v) is 4.80. The molecular formula is C26H27N3O3S. The second-order valence-corrected chi connectivity index (χ2v) is 9.20. The molecule has 0 spiro atoms. The van der Waals surface area contributed by atoms with E-state index in [2.05, 4.69) is 10.3 Å². The van der Waals surface area contributed by atoms with Crippen LogP contribution in [0, 0.1) is 0 Å². The zero-order valence-electron chi connectivity index (χ0n) is 18.6. The van der Waals surface area contributed by atoms with Crippen LogP contribution in [0.3, 0.4) is 0 Å². The van der Waals surface area contributed by atoms with Crippen molar-refractivity contribution in [1.82, 2.24) is 15.2 Å². The van der Waals surface area contributed by atoms with Gasteiger partial charge in [-0.15, -0.1) is 0 Å². The first-order chi connectivity index (χ1) is 15.9. The Morgan fingerprint density at radius 1 is 1.12 bits per heavy atom. The van der Waals surface area contributed by atoms with Gasteiger partial charge < -0.3 is 15.4 Å². The third kappa shape index (κ3) is 4.78. The van der Waals surface area contributed by atoms with Gasteiger partial charge in [-0.1, -0.05) is 48.5 Å². The summed E-state index contributed by atoms with van der Waals surface area (Å²) in [7, 11) is 0. The zero-order chi connectivity index (χ0) is 23.4. The molecule has 0 bridgehead atoms. The number of hydrogen-bond acceptors (Lipinski definition) is 3. The van der Waals surface area contributed by atoms with Crippen molar-refractivity contribution >= 4 is 34.2 Å². The number of thiophene rings is 1. The monoisotopic (exact) mass is 461 g/mol. The van der Waals surface area contributed by atoms with Gasteiger partial charge in [0.1, 0.15) is 5.54 Å². The summed E-state index contributed by atoms with van der Waals surface area (Å²) in [5, 5.41) is 18.0. The molecule has 6 nitrogen and oxygen atoms in total. The molecule has 4 aromatic rings. The molecule has 2 heterocycles. The molecule has 33 heavy (non-hydrogen) atoms. The van der Waals surface area contributed by atoms with Crippen molar-refractivity contribution in [2.45, 2.75) is 38.4 Å². The van der Waals surface area contributed by atoms with E-state index in [-0.39, 0.29) is 24.9 Å². The van der Waals surface area contributed by atoms with Gasteiger partial charge in [0.15, 0.2) is 0 Å². The van der Waals surface area contributed by atoms with Crippen molar-refractivity contribution in [2.75, 3.05) is 0 Å². The number of carbonyl (C=O) groups is 2. The third-order valence-corrected chi connectivity index (χ3v) is 6.83. The number of fused-ring (bicyclic) bond motifs is 1. The van der Waals surface area contributed by atoms with Crippen molar-refractivity contribution in [1.29, 1.82) is 0 Å². The molecule has 7 heteroatoms. The summed E-state index contributed by atoms with van der Waals surface area (Å²) in [4.78, 5) is 30.7. The number of rotatable bonds is 8. The van der Waals surface area contributed by atoms with E-state index >= 15 is 0 Å². The van der Waals surface area contributed by atoms with Crippen LogP contribution in [0.25, 0.3) is 10.9 Å². The van der Waals surface area contributed by atoms with Gasteiger partial charge in [-0.2, -0.15) is 11.3 Å². The molecule has 2 atom stereocenters. The highest BCUT2D eigenvalue weighted by Crippen LogP contribution is 2.29. The highest BCUT2D eigenvalue weighted by molar-refractivity contribution is 7.07. The first kappa shape index (κ1) is 22.6. The molecule has 170 valence electrons. The summed E-state index contributed by atoms with van der Waals surface area (Å²) in [6, 6.07) is 19.1. The average Bonchev–Trinajstić information content (AvgIpc) is 3.48. The topological polar surface area (TPSA) is 85.4 Å². The van der Waals surface area contributed by atoms with Crippen molar-refractivity contribution in [3.8, 4) is 0 Å². The van der Waals surface area contributed by atoms with Crippen LogP contribution in [-0.4, -0.2) is 32.5 Å². The number of hydrogen-bond donors (Lipinski definition) is 3. The maximum atomic E-state index is 13.8. The van der Waals surface area contributed by atoms with E-state index in [0.717, 1.165) is 27.6 Å². The van der Waals surface area contributed by atoms with E-state index in [4.69, 9.17) is 0 Å². The second-order valence-electron chi connectivity index (χ2n) is 8.42. The van der Waals surface area contributed by atoms with Gasteiger partial charge in [0.25, 0.3) is 0 Å². The molecule has 2 aromatic carbocycles. The first-order valence-corrected chi connectivity index (χ1v) is 11.8. The number of aromatic amines is 1. The molecule has 0 radical (unpaired) electrons. The summed E-state index contributed by atoms with van der Waals surface area (Å²) < 4.78 is 0. The molecular weight excluding hydrogens is 434 g/mol. The van der Waals surface area contributed by atoms with Gasteiger partial charge in [0.2, 0.25) is 5.91 Å². The Morgan fingerprint density at radius 2 is 1.85 bits per heavy atom. The van der Waals surface area contributed by atoms with Gasteiger partial charge in [0, 0.05) is 23.5 Å². The minimum atomic E-state index is -1.33. The molecule has 0 saturated carbocycles. The van der Waals surface area contributed by atoms with Crippen molar-refractivity contribution < 1.29 is 14.7 Å². The summed E-state index contributed by atoms with van der Waals surface area (Å²) in [5.74, 6) is -0.332. The number of nitrogens with one attached hydrogen (secondary N) is 2. The lowest BCUT2D eigenvalue weighted by Gasteiger charge is -2.39. The van der Waals surface area contributed by atoms with Crippen LogP contribution in [0.1, 0.15) is 36.6 Å². The van der Waals surface area contributed by atoms with Crippen LogP contribution in [0.2, 0.25) is 0 Å². The number of carbonyl (C=O) groups excluding carboxylic acids is 1. The molecule has 0 aliphatic carbocycles. The number of nitrogens with zero attached hydrogens (tertiary/aromatic N) is 1. The van der Waals surface area contributed by atoms with Gasteiger partial charge in [-0.3, -0.25) is 9.69 Å². The van der Waals surface area contributed by atoms with Gasteiger partial charge in [-0.25, -0.2) is 4.79 Å². The minimum absolute atomic E-state index is 0.130. The van der Waals surface area contributed by atoms with E-state index in [1.165, 1.54) is 16.2 Å². The number of amides is 2. The highest BCUT2D eigenvalue weighted by atomic mass is 32.1. The smallest absolute Gasteiger partial charge is 0.408 e. The standard InChI is InChI=1S/C26H27N3O3S/c1-18(20-8-4-3-5-9-20)28-24(30)26(2,29(25(31)32)16-19-12-13-33-17-19)14-21-15-27-23-11-7-6-10-22(21)23/h3-13,15,17-18,27H,14,16H2,1-2H3,(H,28,30)(H,31,32). The molecule has 2 amide bonds. The summed E-state index contributed by atoms with van der Waals surface area (Å²) in [6.45, 7) is 3.75. The summed E-state index contributed by atoms with van der Waals surface area (Å²) >= 11 is 1.50. The molecule has 0 saturated heterocycles. The summed E-state index contributed by atoms with van der Waals surface area (Å²) in [5.41, 5.74) is 2.33. The van der Waals surface area contributed by atoms with Crippen LogP contribution in [0.5, 0.6) is 0 Å². The Balaban J connectivity index is 1.71. The largest absolute Gasteiger partial charge is 0.465 e. The zero-order valence-corrected chi connectivity index (χ0v) is 19.4. The molecule has 2 unspecified atom stereocenters. The maximum Gasteiger partial charge on any atom is 0.408 e. The molecule has 4 rings (SSSR count). The second kappa shape index (κ2) is 9.50. The van der Waals surface area contributed by atoms with E-state index in [0.29, 0.717) is 0 Å². The fraction of sp³-hybridized carbons (Fsp3) is 0.231. The molecule has 0 aliphatic rings. The van der Waals surface area contributed by atoms with Gasteiger partial charge >= 0.3 is 6.09 Å². The number of carboxylic acid groups (broad SMARTS) is 1. The first-order valence-electron chi connectivity index (χ1n) is 10.8. The quantitative estimate of drug-likeness (QED) is 0.320. The normalized spacial score (nSPS) is 13.9. The lowest BCUT2D eigenvalue weighted by Crippen LogP contribution is -2.59. The third-order valence-electron chi connectivity index (χ3n) is 6.09. The number of aromatic nitrogens is 1. The van der Waals surface area contributed by atoms with E-state index in [1.54, 1.807) is 6.92 Å². The van der Waals surface area contributed by atoms with Crippen LogP contribution in [0.4, 0.5) is 4.79 Å².